The standard InChI is InChI=1S/C13H22N4O/c1-4-11-12(14-3)16-8-17-13(11)15-7-10-5-6-18-9(10)2/h8-10H,4-7H2,1-3H3,(H2,14,15,16,17). The van der Waals surface area contributed by atoms with Crippen LogP contribution < -0.4 is 10.6 Å². The van der Waals surface area contributed by atoms with Crippen molar-refractivity contribution in [2.24, 2.45) is 5.92 Å². The van der Waals surface area contributed by atoms with E-state index < -0.39 is 0 Å². The van der Waals surface area contributed by atoms with E-state index in [-0.39, 0.29) is 0 Å². The van der Waals surface area contributed by atoms with Crippen molar-refractivity contribution in [2.45, 2.75) is 32.8 Å². The molecule has 5 heteroatoms. The summed E-state index contributed by atoms with van der Waals surface area (Å²) in [7, 11) is 1.89. The number of nitrogens with zero attached hydrogens (tertiary/aromatic N) is 2. The highest BCUT2D eigenvalue weighted by Gasteiger charge is 2.24. The minimum atomic E-state index is 0.341. The summed E-state index contributed by atoms with van der Waals surface area (Å²) in [5, 5.41) is 6.55. The van der Waals surface area contributed by atoms with Gasteiger partial charge in [-0.15, -0.1) is 0 Å². The molecule has 2 unspecified atom stereocenters. The van der Waals surface area contributed by atoms with Crippen molar-refractivity contribution in [3.63, 3.8) is 0 Å². The summed E-state index contributed by atoms with van der Waals surface area (Å²) >= 11 is 0. The molecule has 1 saturated heterocycles. The Bertz CT molecular complexity index is 397. The van der Waals surface area contributed by atoms with Crippen molar-refractivity contribution in [3.05, 3.63) is 11.9 Å². The molecule has 2 heterocycles. The maximum absolute atomic E-state index is 5.57. The molecule has 1 aromatic heterocycles. The zero-order valence-electron chi connectivity index (χ0n) is 11.4. The van der Waals surface area contributed by atoms with Crippen LogP contribution in [0.4, 0.5) is 11.6 Å². The lowest BCUT2D eigenvalue weighted by Gasteiger charge is -2.17. The first kappa shape index (κ1) is 13.1. The number of aromatic nitrogens is 2. The first-order valence-electron chi connectivity index (χ1n) is 6.63. The molecule has 2 atom stereocenters. The van der Waals surface area contributed by atoms with Crippen molar-refractivity contribution in [3.8, 4) is 0 Å². The van der Waals surface area contributed by atoms with E-state index in [0.29, 0.717) is 12.0 Å². The van der Waals surface area contributed by atoms with E-state index in [2.05, 4.69) is 34.4 Å². The maximum Gasteiger partial charge on any atom is 0.134 e. The van der Waals surface area contributed by atoms with E-state index in [1.165, 1.54) is 0 Å². The summed E-state index contributed by atoms with van der Waals surface area (Å²) in [4.78, 5) is 8.58. The van der Waals surface area contributed by atoms with Crippen molar-refractivity contribution < 1.29 is 4.74 Å². The molecular formula is C13H22N4O. The predicted octanol–water partition coefficient (Wildman–Crippen LogP) is 1.92. The van der Waals surface area contributed by atoms with Gasteiger partial charge < -0.3 is 15.4 Å². The smallest absolute Gasteiger partial charge is 0.134 e. The van der Waals surface area contributed by atoms with Crippen LogP contribution in [0, 0.1) is 5.92 Å². The second-order valence-corrected chi connectivity index (χ2v) is 4.66. The molecule has 0 spiro atoms. The van der Waals surface area contributed by atoms with Gasteiger partial charge in [-0.05, 0) is 19.8 Å². The van der Waals surface area contributed by atoms with Gasteiger partial charge in [0.15, 0.2) is 0 Å². The van der Waals surface area contributed by atoms with E-state index in [4.69, 9.17) is 4.74 Å². The third-order valence-corrected chi connectivity index (χ3v) is 3.60. The highest BCUT2D eigenvalue weighted by Crippen LogP contribution is 2.23. The Hall–Kier alpha value is -1.36. The minimum Gasteiger partial charge on any atom is -0.378 e. The molecule has 2 N–H and O–H groups in total. The molecule has 5 nitrogen and oxygen atoms in total. The Kier molecular flexibility index (Phi) is 4.36. The van der Waals surface area contributed by atoms with Gasteiger partial charge in [-0.3, -0.25) is 0 Å². The molecule has 0 saturated carbocycles. The number of anilines is 2. The fourth-order valence-electron chi connectivity index (χ4n) is 2.39. The summed E-state index contributed by atoms with van der Waals surface area (Å²) in [6, 6.07) is 0. The monoisotopic (exact) mass is 250 g/mol. The first-order valence-corrected chi connectivity index (χ1v) is 6.63. The van der Waals surface area contributed by atoms with Gasteiger partial charge in [-0.2, -0.15) is 0 Å². The molecule has 0 aliphatic carbocycles. The quantitative estimate of drug-likeness (QED) is 0.836. The zero-order valence-corrected chi connectivity index (χ0v) is 11.4. The highest BCUT2D eigenvalue weighted by molar-refractivity contribution is 5.57. The van der Waals surface area contributed by atoms with Crippen LogP contribution in [0.1, 0.15) is 25.8 Å². The zero-order chi connectivity index (χ0) is 13.0. The lowest BCUT2D eigenvalue weighted by atomic mass is 10.0. The molecule has 18 heavy (non-hydrogen) atoms. The Morgan fingerprint density at radius 1 is 1.39 bits per heavy atom. The Morgan fingerprint density at radius 3 is 2.78 bits per heavy atom. The van der Waals surface area contributed by atoms with Gasteiger partial charge in [0.1, 0.15) is 18.0 Å². The molecule has 0 bridgehead atoms. The topological polar surface area (TPSA) is 59.1 Å². The van der Waals surface area contributed by atoms with Gasteiger partial charge in [0.25, 0.3) is 0 Å². The number of nitrogens with one attached hydrogen (secondary N) is 2. The van der Waals surface area contributed by atoms with Gasteiger partial charge >= 0.3 is 0 Å². The van der Waals surface area contributed by atoms with E-state index in [0.717, 1.165) is 43.2 Å². The van der Waals surface area contributed by atoms with Crippen LogP contribution >= 0.6 is 0 Å². The Balaban J connectivity index is 2.04. The SMILES string of the molecule is CCc1c(NC)ncnc1NCC1CCOC1C. The molecule has 1 fully saturated rings. The van der Waals surface area contributed by atoms with E-state index in [9.17, 15) is 0 Å². The summed E-state index contributed by atoms with van der Waals surface area (Å²) in [5.74, 6) is 2.42. The fraction of sp³-hybridized carbons (Fsp3) is 0.692. The fourth-order valence-corrected chi connectivity index (χ4v) is 2.39. The largest absolute Gasteiger partial charge is 0.378 e. The summed E-state index contributed by atoms with van der Waals surface area (Å²) in [6.07, 6.45) is 3.98. The van der Waals surface area contributed by atoms with Crippen LogP contribution in [0.3, 0.4) is 0 Å². The lowest BCUT2D eigenvalue weighted by Crippen LogP contribution is -2.22. The van der Waals surface area contributed by atoms with Gasteiger partial charge in [0.05, 0.1) is 6.10 Å². The van der Waals surface area contributed by atoms with Gasteiger partial charge in [0, 0.05) is 31.7 Å². The molecule has 1 aliphatic heterocycles. The Morgan fingerprint density at radius 2 is 2.17 bits per heavy atom. The van der Waals surface area contributed by atoms with Crippen LogP contribution in [-0.4, -0.2) is 36.3 Å². The van der Waals surface area contributed by atoms with Crippen molar-refractivity contribution in [1.29, 1.82) is 0 Å². The van der Waals surface area contributed by atoms with Crippen LogP contribution in [-0.2, 0) is 11.2 Å². The lowest BCUT2D eigenvalue weighted by molar-refractivity contribution is 0.108. The second-order valence-electron chi connectivity index (χ2n) is 4.66. The molecule has 0 radical (unpaired) electrons. The molecule has 0 amide bonds. The maximum atomic E-state index is 5.57. The predicted molar refractivity (Wildman–Crippen MR) is 73.0 cm³/mol. The van der Waals surface area contributed by atoms with E-state index in [1.54, 1.807) is 6.33 Å². The van der Waals surface area contributed by atoms with Crippen LogP contribution in [0.5, 0.6) is 0 Å². The Labute approximate surface area is 108 Å². The molecular weight excluding hydrogens is 228 g/mol. The van der Waals surface area contributed by atoms with Gasteiger partial charge in [0.2, 0.25) is 0 Å². The van der Waals surface area contributed by atoms with Crippen LogP contribution in [0.25, 0.3) is 0 Å². The first-order chi connectivity index (χ1) is 8.76. The average Bonchev–Trinajstić information content (AvgIpc) is 2.81. The molecule has 0 aromatic carbocycles. The third kappa shape index (κ3) is 2.72. The van der Waals surface area contributed by atoms with Crippen molar-refractivity contribution >= 4 is 11.6 Å². The van der Waals surface area contributed by atoms with Crippen LogP contribution in [0.2, 0.25) is 0 Å². The normalized spacial score (nSPS) is 23.1. The van der Waals surface area contributed by atoms with Gasteiger partial charge in [-0.25, -0.2) is 9.97 Å². The van der Waals surface area contributed by atoms with Crippen LogP contribution in [0.15, 0.2) is 6.33 Å². The number of hydrogen-bond acceptors (Lipinski definition) is 5. The number of ether oxygens (including phenoxy) is 1. The van der Waals surface area contributed by atoms with Gasteiger partial charge in [-0.1, -0.05) is 6.92 Å². The highest BCUT2D eigenvalue weighted by atomic mass is 16.5. The third-order valence-electron chi connectivity index (χ3n) is 3.60. The molecule has 100 valence electrons. The molecule has 2 rings (SSSR count). The van der Waals surface area contributed by atoms with Crippen molar-refractivity contribution in [1.82, 2.24) is 9.97 Å². The molecule has 1 aliphatic rings. The average molecular weight is 250 g/mol. The number of rotatable bonds is 5. The van der Waals surface area contributed by atoms with Crippen molar-refractivity contribution in [2.75, 3.05) is 30.8 Å². The van der Waals surface area contributed by atoms with E-state index >= 15 is 0 Å². The summed E-state index contributed by atoms with van der Waals surface area (Å²) < 4.78 is 5.57. The van der Waals surface area contributed by atoms with E-state index in [1.807, 2.05) is 7.05 Å². The number of hydrogen-bond donors (Lipinski definition) is 2. The summed E-state index contributed by atoms with van der Waals surface area (Å²) in [5.41, 5.74) is 1.14. The minimum absolute atomic E-state index is 0.341. The summed E-state index contributed by atoms with van der Waals surface area (Å²) in [6.45, 7) is 6.04. The second kappa shape index (κ2) is 6.00. The molecule has 1 aromatic rings.